The Morgan fingerprint density at radius 3 is 3.00 bits per heavy atom. The topological polar surface area (TPSA) is 74.4 Å². The lowest BCUT2D eigenvalue weighted by Gasteiger charge is -2.19. The third-order valence-electron chi connectivity index (χ3n) is 3.72. The van der Waals surface area contributed by atoms with Gasteiger partial charge in [-0.2, -0.15) is 10.2 Å². The molecular weight excluding hydrogens is 278 g/mol. The van der Waals surface area contributed by atoms with Crippen LogP contribution in [0.3, 0.4) is 0 Å². The second-order valence-corrected chi connectivity index (χ2v) is 5.19. The Morgan fingerprint density at radius 2 is 2.18 bits per heavy atom. The van der Waals surface area contributed by atoms with E-state index < -0.39 is 0 Å². The van der Waals surface area contributed by atoms with E-state index in [1.54, 1.807) is 24.8 Å². The molecule has 0 aromatic carbocycles. The summed E-state index contributed by atoms with van der Waals surface area (Å²) in [5.74, 6) is 1.20. The zero-order chi connectivity index (χ0) is 15.2. The van der Waals surface area contributed by atoms with Crippen LogP contribution in [0, 0.1) is 11.3 Å². The summed E-state index contributed by atoms with van der Waals surface area (Å²) in [6.07, 6.45) is 12.7. The van der Waals surface area contributed by atoms with Crippen molar-refractivity contribution in [3.05, 3.63) is 35.9 Å². The average molecular weight is 295 g/mol. The molecule has 1 aromatic rings. The van der Waals surface area contributed by atoms with Gasteiger partial charge in [0.05, 0.1) is 25.0 Å². The predicted octanol–water partition coefficient (Wildman–Crippen LogP) is 2.61. The molecule has 22 heavy (non-hydrogen) atoms. The molecule has 0 bridgehead atoms. The number of allylic oxidation sites excluding steroid dienone is 1. The van der Waals surface area contributed by atoms with Crippen molar-refractivity contribution >= 4 is 12.0 Å². The van der Waals surface area contributed by atoms with Gasteiger partial charge >= 0.3 is 0 Å². The Labute approximate surface area is 129 Å². The number of aromatic nitrogens is 2. The zero-order valence-electron chi connectivity index (χ0n) is 12.3. The maximum absolute atomic E-state index is 9.15. The summed E-state index contributed by atoms with van der Waals surface area (Å²) >= 11 is 0. The van der Waals surface area contributed by atoms with E-state index in [4.69, 9.17) is 10.00 Å². The molecule has 0 saturated heterocycles. The maximum atomic E-state index is 9.15. The van der Waals surface area contributed by atoms with E-state index >= 15 is 0 Å². The SMILES string of the molecule is N#CC1=C(COc2cncc(N3C=CN=CC3)n2)CCCC1. The number of ether oxygens (including phenoxy) is 1. The Bertz CT molecular complexity index is 671. The third kappa shape index (κ3) is 3.31. The highest BCUT2D eigenvalue weighted by molar-refractivity contribution is 5.68. The first kappa shape index (κ1) is 14.3. The number of anilines is 1. The van der Waals surface area contributed by atoms with Crippen molar-refractivity contribution in [1.82, 2.24) is 9.97 Å². The first-order valence-electron chi connectivity index (χ1n) is 7.37. The molecule has 0 amide bonds. The number of nitrogens with zero attached hydrogens (tertiary/aromatic N) is 5. The molecule has 0 spiro atoms. The van der Waals surface area contributed by atoms with Gasteiger partial charge in [-0.25, -0.2) is 0 Å². The summed E-state index contributed by atoms with van der Waals surface area (Å²) in [4.78, 5) is 14.6. The molecule has 2 heterocycles. The number of nitriles is 1. The molecule has 0 radical (unpaired) electrons. The summed E-state index contributed by atoms with van der Waals surface area (Å²) in [7, 11) is 0. The van der Waals surface area contributed by atoms with Crippen LogP contribution in [0.15, 0.2) is 40.9 Å². The normalized spacial score (nSPS) is 17.5. The van der Waals surface area contributed by atoms with Gasteiger partial charge in [-0.05, 0) is 31.3 Å². The maximum Gasteiger partial charge on any atom is 0.234 e. The van der Waals surface area contributed by atoms with Crippen molar-refractivity contribution in [2.45, 2.75) is 25.7 Å². The third-order valence-corrected chi connectivity index (χ3v) is 3.72. The van der Waals surface area contributed by atoms with Gasteiger partial charge in [0, 0.05) is 24.2 Å². The van der Waals surface area contributed by atoms with Gasteiger partial charge in [0.1, 0.15) is 6.61 Å². The van der Waals surface area contributed by atoms with E-state index in [-0.39, 0.29) is 0 Å². The highest BCUT2D eigenvalue weighted by Gasteiger charge is 2.14. The Hall–Kier alpha value is -2.68. The monoisotopic (exact) mass is 295 g/mol. The molecule has 0 atom stereocenters. The molecule has 0 fully saturated rings. The van der Waals surface area contributed by atoms with Gasteiger partial charge < -0.3 is 9.64 Å². The van der Waals surface area contributed by atoms with E-state index in [0.29, 0.717) is 19.0 Å². The van der Waals surface area contributed by atoms with Crippen LogP contribution in [-0.2, 0) is 0 Å². The molecule has 0 unspecified atom stereocenters. The van der Waals surface area contributed by atoms with Crippen LogP contribution < -0.4 is 9.64 Å². The largest absolute Gasteiger partial charge is 0.472 e. The van der Waals surface area contributed by atoms with Gasteiger partial charge in [0.25, 0.3) is 0 Å². The van der Waals surface area contributed by atoms with Gasteiger partial charge in [0.2, 0.25) is 5.88 Å². The molecule has 1 aromatic heterocycles. The standard InChI is InChI=1S/C16H17N5O/c17-9-13-3-1-2-4-14(13)12-22-16-11-19-10-15(20-16)21-7-5-18-6-8-21/h5-7,10-11H,1-4,8,12H2. The van der Waals surface area contributed by atoms with E-state index in [0.717, 1.165) is 42.6 Å². The van der Waals surface area contributed by atoms with Crippen molar-refractivity contribution in [2.75, 3.05) is 18.1 Å². The van der Waals surface area contributed by atoms with E-state index in [1.807, 2.05) is 11.1 Å². The summed E-state index contributed by atoms with van der Waals surface area (Å²) in [5.41, 5.74) is 1.96. The molecule has 112 valence electrons. The zero-order valence-corrected chi connectivity index (χ0v) is 12.3. The predicted molar refractivity (Wildman–Crippen MR) is 83.6 cm³/mol. The van der Waals surface area contributed by atoms with Crippen LogP contribution in [0.25, 0.3) is 0 Å². The fourth-order valence-electron chi connectivity index (χ4n) is 2.52. The molecular formula is C16H17N5O. The molecule has 1 aliphatic carbocycles. The van der Waals surface area contributed by atoms with E-state index in [1.165, 1.54) is 0 Å². The first-order chi connectivity index (χ1) is 10.9. The van der Waals surface area contributed by atoms with Crippen molar-refractivity contribution in [3.8, 4) is 11.9 Å². The molecule has 6 nitrogen and oxygen atoms in total. The van der Waals surface area contributed by atoms with Crippen LogP contribution in [0.1, 0.15) is 25.7 Å². The highest BCUT2D eigenvalue weighted by Crippen LogP contribution is 2.25. The minimum atomic E-state index is 0.415. The lowest BCUT2D eigenvalue weighted by Crippen LogP contribution is -2.21. The molecule has 0 N–H and O–H groups in total. The second kappa shape index (κ2) is 6.85. The van der Waals surface area contributed by atoms with Gasteiger partial charge in [-0.3, -0.25) is 9.98 Å². The Morgan fingerprint density at radius 1 is 1.27 bits per heavy atom. The smallest absolute Gasteiger partial charge is 0.234 e. The quantitative estimate of drug-likeness (QED) is 0.853. The van der Waals surface area contributed by atoms with Crippen molar-refractivity contribution in [1.29, 1.82) is 5.26 Å². The summed E-state index contributed by atoms with van der Waals surface area (Å²) in [6.45, 7) is 1.08. The van der Waals surface area contributed by atoms with Crippen LogP contribution in [0.5, 0.6) is 5.88 Å². The summed E-state index contributed by atoms with van der Waals surface area (Å²) in [5, 5.41) is 9.15. The lowest BCUT2D eigenvalue weighted by molar-refractivity contribution is 0.328. The summed E-state index contributed by atoms with van der Waals surface area (Å²) < 4.78 is 5.74. The minimum absolute atomic E-state index is 0.415. The molecule has 2 aliphatic rings. The van der Waals surface area contributed by atoms with Crippen LogP contribution >= 0.6 is 0 Å². The van der Waals surface area contributed by atoms with Crippen LogP contribution in [0.2, 0.25) is 0 Å². The number of hydrogen-bond acceptors (Lipinski definition) is 6. The number of aliphatic imine (C=N–C) groups is 1. The highest BCUT2D eigenvalue weighted by atomic mass is 16.5. The van der Waals surface area contributed by atoms with E-state index in [2.05, 4.69) is 21.0 Å². The molecule has 6 heteroatoms. The molecule has 1 aliphatic heterocycles. The average Bonchev–Trinajstić information content (AvgIpc) is 2.61. The van der Waals surface area contributed by atoms with Crippen LogP contribution in [0.4, 0.5) is 5.82 Å². The van der Waals surface area contributed by atoms with Gasteiger partial charge in [-0.15, -0.1) is 0 Å². The van der Waals surface area contributed by atoms with Gasteiger partial charge in [-0.1, -0.05) is 0 Å². The lowest BCUT2D eigenvalue weighted by atomic mass is 9.93. The fourth-order valence-corrected chi connectivity index (χ4v) is 2.52. The second-order valence-electron chi connectivity index (χ2n) is 5.19. The van der Waals surface area contributed by atoms with Crippen molar-refractivity contribution < 1.29 is 4.74 Å². The summed E-state index contributed by atoms with van der Waals surface area (Å²) in [6, 6.07) is 2.29. The first-order valence-corrected chi connectivity index (χ1v) is 7.37. The Kier molecular flexibility index (Phi) is 4.44. The molecule has 3 rings (SSSR count). The van der Waals surface area contributed by atoms with Crippen molar-refractivity contribution in [2.24, 2.45) is 4.99 Å². The van der Waals surface area contributed by atoms with E-state index in [9.17, 15) is 0 Å². The fraction of sp³-hybridized carbons (Fsp3) is 0.375. The number of rotatable bonds is 4. The molecule has 0 saturated carbocycles. The number of hydrogen-bond donors (Lipinski definition) is 0. The minimum Gasteiger partial charge on any atom is -0.472 e. The van der Waals surface area contributed by atoms with Crippen molar-refractivity contribution in [3.63, 3.8) is 0 Å². The van der Waals surface area contributed by atoms with Crippen LogP contribution in [-0.4, -0.2) is 29.3 Å². The van der Waals surface area contributed by atoms with Gasteiger partial charge in [0.15, 0.2) is 5.82 Å². The Balaban J connectivity index is 1.68.